The predicted molar refractivity (Wildman–Crippen MR) is 107 cm³/mol. The van der Waals surface area contributed by atoms with Crippen molar-refractivity contribution >= 4 is 27.5 Å². The Morgan fingerprint density at radius 2 is 1.73 bits per heavy atom. The molecule has 2 aromatic rings. The fourth-order valence-corrected chi connectivity index (χ4v) is 3.90. The third kappa shape index (κ3) is 3.70. The third-order valence-electron chi connectivity index (χ3n) is 4.47. The zero-order valence-electron chi connectivity index (χ0n) is 15.9. The Kier molecular flexibility index (Phi) is 6.64. The number of para-hydroxylation sites is 1. The first-order chi connectivity index (χ1) is 12.4. The second-order valence-corrected chi connectivity index (χ2v) is 6.82. The monoisotopic (exact) mass is 420 g/mol. The van der Waals surface area contributed by atoms with Gasteiger partial charge in [0.2, 0.25) is 17.1 Å². The van der Waals surface area contributed by atoms with Crippen molar-refractivity contribution in [3.63, 3.8) is 0 Å². The molecule has 1 aromatic heterocycles. The van der Waals surface area contributed by atoms with E-state index in [1.807, 2.05) is 25.1 Å². The number of benzene rings is 1. The summed E-state index contributed by atoms with van der Waals surface area (Å²) < 4.78 is 6.84. The van der Waals surface area contributed by atoms with Gasteiger partial charge < -0.3 is 15.3 Å². The summed E-state index contributed by atoms with van der Waals surface area (Å²) in [4.78, 5) is 13.1. The summed E-state index contributed by atoms with van der Waals surface area (Å²) in [5.74, 6) is 0.0771. The van der Waals surface area contributed by atoms with Gasteiger partial charge in [-0.1, -0.05) is 32.0 Å². The lowest BCUT2D eigenvalue weighted by Gasteiger charge is -2.18. The molecule has 2 rings (SSSR count). The van der Waals surface area contributed by atoms with Gasteiger partial charge in [-0.05, 0) is 46.8 Å². The zero-order chi connectivity index (χ0) is 19.4. The van der Waals surface area contributed by atoms with E-state index in [4.69, 9.17) is 4.74 Å². The molecule has 0 spiro atoms. The number of hydrogen-bond acceptors (Lipinski definition) is 3. The smallest absolute Gasteiger partial charge is 0.263 e. The van der Waals surface area contributed by atoms with Crippen LogP contribution in [-0.4, -0.2) is 12.5 Å². The van der Waals surface area contributed by atoms with Gasteiger partial charge in [0.25, 0.3) is 5.91 Å². The molecule has 140 valence electrons. The number of nitrogens with one attached hydrogen (secondary N) is 1. The summed E-state index contributed by atoms with van der Waals surface area (Å²) >= 11 is 3.47. The van der Waals surface area contributed by atoms with Gasteiger partial charge in [-0.15, -0.1) is 0 Å². The highest BCUT2D eigenvalue weighted by Crippen LogP contribution is 2.33. The van der Waals surface area contributed by atoms with Gasteiger partial charge in [-0.3, -0.25) is 4.79 Å². The molecule has 1 amide bonds. The van der Waals surface area contributed by atoms with Crippen molar-refractivity contribution in [2.24, 2.45) is 0 Å². The molecule has 6 heteroatoms. The number of halogens is 1. The van der Waals surface area contributed by atoms with E-state index >= 15 is 0 Å². The Morgan fingerprint density at radius 3 is 2.23 bits per heavy atom. The number of aryl methyl sites for hydroxylation is 2. The van der Waals surface area contributed by atoms with Crippen LogP contribution in [-0.2, 0) is 12.8 Å². The summed E-state index contributed by atoms with van der Waals surface area (Å²) in [6.07, 6.45) is 1.62. The highest BCUT2D eigenvalue weighted by molar-refractivity contribution is 9.10. The van der Waals surface area contributed by atoms with Gasteiger partial charge in [-0.2, -0.15) is 4.73 Å². The van der Waals surface area contributed by atoms with Crippen molar-refractivity contribution in [2.75, 3.05) is 11.9 Å². The Hall–Kier alpha value is -2.08. The van der Waals surface area contributed by atoms with Crippen molar-refractivity contribution in [3.8, 4) is 5.75 Å². The van der Waals surface area contributed by atoms with Gasteiger partial charge in [0.1, 0.15) is 5.56 Å². The summed E-state index contributed by atoms with van der Waals surface area (Å²) in [5.41, 5.74) is 4.02. The van der Waals surface area contributed by atoms with Gasteiger partial charge in [0.05, 0.1) is 11.1 Å². The van der Waals surface area contributed by atoms with Gasteiger partial charge >= 0.3 is 0 Å². The quantitative estimate of drug-likeness (QED) is 0.553. The van der Waals surface area contributed by atoms with Crippen LogP contribution in [0.2, 0.25) is 0 Å². The van der Waals surface area contributed by atoms with E-state index in [-0.39, 0.29) is 5.91 Å². The standard InChI is InChI=1S/C20H25BrN2O3/c1-6-14-10-9-11-15(7-2)18(14)22-20(24)16-12(4)23(25)13(5)19(17(16)21)26-8-3/h9-11H,6-8H2,1-5H3,(H,22,24). The van der Waals surface area contributed by atoms with Crippen LogP contribution >= 0.6 is 15.9 Å². The number of rotatable bonds is 6. The first-order valence-corrected chi connectivity index (χ1v) is 9.63. The molecule has 0 atom stereocenters. The summed E-state index contributed by atoms with van der Waals surface area (Å²) in [5, 5.41) is 15.5. The number of pyridine rings is 1. The van der Waals surface area contributed by atoms with Crippen LogP contribution in [0, 0.1) is 19.1 Å². The first-order valence-electron chi connectivity index (χ1n) is 8.84. The van der Waals surface area contributed by atoms with E-state index in [0.29, 0.717) is 33.8 Å². The first kappa shape index (κ1) is 20.2. The largest absolute Gasteiger partial charge is 0.618 e. The molecule has 0 saturated heterocycles. The fraction of sp³-hybridized carbons (Fsp3) is 0.400. The molecular formula is C20H25BrN2O3. The molecule has 0 saturated carbocycles. The average molecular weight is 421 g/mol. The second-order valence-electron chi connectivity index (χ2n) is 6.03. The molecule has 5 nitrogen and oxygen atoms in total. The van der Waals surface area contributed by atoms with E-state index in [9.17, 15) is 10.0 Å². The number of ether oxygens (including phenoxy) is 1. The maximum absolute atomic E-state index is 13.1. The van der Waals surface area contributed by atoms with E-state index in [0.717, 1.165) is 34.4 Å². The Balaban J connectivity index is 2.55. The lowest BCUT2D eigenvalue weighted by atomic mass is 10.0. The number of anilines is 1. The summed E-state index contributed by atoms with van der Waals surface area (Å²) in [7, 11) is 0. The number of carbonyl (C=O) groups is 1. The van der Waals surface area contributed by atoms with Gasteiger partial charge in [0.15, 0.2) is 0 Å². The van der Waals surface area contributed by atoms with Crippen molar-refractivity contribution in [1.29, 1.82) is 0 Å². The predicted octanol–water partition coefficient (Wildman–Crippen LogP) is 4.48. The Morgan fingerprint density at radius 1 is 1.15 bits per heavy atom. The molecule has 0 aliphatic carbocycles. The average Bonchev–Trinajstić information content (AvgIpc) is 2.63. The summed E-state index contributed by atoms with van der Waals surface area (Å²) in [6.45, 7) is 9.67. The minimum absolute atomic E-state index is 0.294. The molecule has 0 aliphatic heterocycles. The molecule has 1 aromatic carbocycles. The molecule has 0 bridgehead atoms. The molecular weight excluding hydrogens is 396 g/mol. The zero-order valence-corrected chi connectivity index (χ0v) is 17.5. The number of amides is 1. The molecule has 0 unspecified atom stereocenters. The summed E-state index contributed by atoms with van der Waals surface area (Å²) in [6, 6.07) is 6.01. The van der Waals surface area contributed by atoms with E-state index in [1.54, 1.807) is 13.8 Å². The molecule has 0 fully saturated rings. The van der Waals surface area contributed by atoms with Crippen molar-refractivity contribution in [2.45, 2.75) is 47.5 Å². The number of nitrogens with zero attached hydrogens (tertiary/aromatic N) is 1. The topological polar surface area (TPSA) is 65.3 Å². The van der Waals surface area contributed by atoms with Crippen molar-refractivity contribution < 1.29 is 14.3 Å². The van der Waals surface area contributed by atoms with E-state index < -0.39 is 0 Å². The van der Waals surface area contributed by atoms with E-state index in [1.165, 1.54) is 0 Å². The van der Waals surface area contributed by atoms with Crippen LogP contribution in [0.5, 0.6) is 5.75 Å². The highest BCUT2D eigenvalue weighted by atomic mass is 79.9. The van der Waals surface area contributed by atoms with Crippen LogP contribution in [0.1, 0.15) is 53.6 Å². The Bertz CT molecular complexity index is 812. The third-order valence-corrected chi connectivity index (χ3v) is 5.23. The van der Waals surface area contributed by atoms with Crippen molar-refractivity contribution in [1.82, 2.24) is 0 Å². The minimum Gasteiger partial charge on any atom is -0.618 e. The van der Waals surface area contributed by atoms with E-state index in [2.05, 4.69) is 35.1 Å². The second kappa shape index (κ2) is 8.54. The molecule has 0 aliphatic rings. The Labute approximate surface area is 163 Å². The lowest BCUT2D eigenvalue weighted by molar-refractivity contribution is -0.619. The number of hydrogen-bond donors (Lipinski definition) is 1. The molecule has 26 heavy (non-hydrogen) atoms. The van der Waals surface area contributed by atoms with Gasteiger partial charge in [0, 0.05) is 19.5 Å². The number of carbonyl (C=O) groups excluding carboxylic acids is 1. The molecule has 1 N–H and O–H groups in total. The molecule has 0 radical (unpaired) electrons. The lowest BCUT2D eigenvalue weighted by Crippen LogP contribution is -2.37. The number of aromatic nitrogens is 1. The van der Waals surface area contributed by atoms with Crippen LogP contribution in [0.3, 0.4) is 0 Å². The normalized spacial score (nSPS) is 10.7. The highest BCUT2D eigenvalue weighted by Gasteiger charge is 2.28. The minimum atomic E-state index is -0.324. The van der Waals surface area contributed by atoms with Crippen molar-refractivity contribution in [3.05, 3.63) is 56.0 Å². The maximum Gasteiger partial charge on any atom is 0.263 e. The van der Waals surface area contributed by atoms with Crippen LogP contribution < -0.4 is 14.8 Å². The maximum atomic E-state index is 13.1. The van der Waals surface area contributed by atoms with Crippen LogP contribution in [0.15, 0.2) is 22.7 Å². The fourth-order valence-electron chi connectivity index (χ4n) is 3.03. The van der Waals surface area contributed by atoms with Crippen LogP contribution in [0.4, 0.5) is 5.69 Å². The molecule has 1 heterocycles. The SMILES string of the molecule is CCOc1c(Br)c(C(=O)Nc2c(CC)cccc2CC)c(C)[n+]([O-])c1C. The van der Waals surface area contributed by atoms with Gasteiger partial charge in [-0.25, -0.2) is 0 Å². The van der Waals surface area contributed by atoms with Crippen LogP contribution in [0.25, 0.3) is 0 Å².